The van der Waals surface area contributed by atoms with Crippen LogP contribution in [-0.4, -0.2) is 24.7 Å². The summed E-state index contributed by atoms with van der Waals surface area (Å²) < 4.78 is 0. The maximum atomic E-state index is 12.2. The Morgan fingerprint density at radius 3 is 2.64 bits per heavy atom. The first-order valence-electron chi connectivity index (χ1n) is 8.11. The number of anilines is 1. The zero-order valence-electron chi connectivity index (χ0n) is 13.2. The second-order valence-corrected chi connectivity index (χ2v) is 5.92. The van der Waals surface area contributed by atoms with E-state index >= 15 is 0 Å². The van der Waals surface area contributed by atoms with Crippen LogP contribution in [0.1, 0.15) is 37.0 Å². The first kappa shape index (κ1) is 14.8. The standard InChI is InChI=1S/C18H23N3O/c1-3-21(4-2)15-10-8-13(9-11-15)18(22)20-19-17-12-14-6-5-7-16(14)17/h5,7-11,14,16H,3-4,6,12H2,1-2H3,(H,20,22)/b19-17-/t14-,16+/m0/s1. The Bertz CT molecular complexity index is 599. The maximum Gasteiger partial charge on any atom is 0.271 e. The highest BCUT2D eigenvalue weighted by Gasteiger charge is 2.37. The van der Waals surface area contributed by atoms with Crippen LogP contribution in [0, 0.1) is 11.8 Å². The van der Waals surface area contributed by atoms with Gasteiger partial charge in [-0.1, -0.05) is 12.2 Å². The number of rotatable bonds is 5. The lowest BCUT2D eigenvalue weighted by Gasteiger charge is -2.31. The topological polar surface area (TPSA) is 44.7 Å². The monoisotopic (exact) mass is 297 g/mol. The van der Waals surface area contributed by atoms with E-state index in [9.17, 15) is 4.79 Å². The number of hydrogen-bond donors (Lipinski definition) is 1. The van der Waals surface area contributed by atoms with Crippen LogP contribution >= 0.6 is 0 Å². The third-order valence-electron chi connectivity index (χ3n) is 4.71. The summed E-state index contributed by atoms with van der Waals surface area (Å²) in [5.41, 5.74) is 5.59. The van der Waals surface area contributed by atoms with Gasteiger partial charge in [-0.2, -0.15) is 5.10 Å². The molecule has 4 heteroatoms. The Hall–Kier alpha value is -2.10. The van der Waals surface area contributed by atoms with Crippen molar-refractivity contribution in [1.29, 1.82) is 0 Å². The van der Waals surface area contributed by atoms with E-state index in [1.54, 1.807) is 0 Å². The molecule has 1 amide bonds. The van der Waals surface area contributed by atoms with Crippen LogP contribution < -0.4 is 10.3 Å². The summed E-state index contributed by atoms with van der Waals surface area (Å²) in [5.74, 6) is 1.05. The molecule has 0 aromatic heterocycles. The summed E-state index contributed by atoms with van der Waals surface area (Å²) in [5, 5.41) is 4.29. The zero-order valence-corrected chi connectivity index (χ0v) is 13.2. The SMILES string of the molecule is CCN(CC)c1ccc(C(=O)N/N=C2/C[C@@H]3CC=C[C@@H]23)cc1. The quantitative estimate of drug-likeness (QED) is 0.670. The molecule has 1 aromatic carbocycles. The molecule has 0 heterocycles. The number of hydrazone groups is 1. The van der Waals surface area contributed by atoms with Crippen molar-refractivity contribution < 1.29 is 4.79 Å². The van der Waals surface area contributed by atoms with Crippen molar-refractivity contribution in [1.82, 2.24) is 5.43 Å². The third-order valence-corrected chi connectivity index (χ3v) is 4.71. The predicted octanol–water partition coefficient (Wildman–Crippen LogP) is 3.21. The number of hydrogen-bond acceptors (Lipinski definition) is 3. The number of nitrogens with one attached hydrogen (secondary N) is 1. The van der Waals surface area contributed by atoms with Crippen molar-refractivity contribution in [3.8, 4) is 0 Å². The van der Waals surface area contributed by atoms with Gasteiger partial charge in [0.1, 0.15) is 0 Å². The minimum atomic E-state index is -0.135. The van der Waals surface area contributed by atoms with Gasteiger partial charge >= 0.3 is 0 Å². The van der Waals surface area contributed by atoms with Gasteiger partial charge in [0.05, 0.1) is 0 Å². The van der Waals surface area contributed by atoms with E-state index in [1.165, 1.54) is 0 Å². The molecule has 0 radical (unpaired) electrons. The molecule has 1 N–H and O–H groups in total. The molecule has 0 unspecified atom stereocenters. The molecule has 0 aliphatic heterocycles. The Morgan fingerprint density at radius 2 is 2.00 bits per heavy atom. The molecule has 0 bridgehead atoms. The van der Waals surface area contributed by atoms with Crippen molar-refractivity contribution in [3.05, 3.63) is 42.0 Å². The van der Waals surface area contributed by atoms with E-state index in [4.69, 9.17) is 0 Å². The molecule has 1 saturated carbocycles. The van der Waals surface area contributed by atoms with Crippen molar-refractivity contribution in [2.75, 3.05) is 18.0 Å². The van der Waals surface area contributed by atoms with E-state index < -0.39 is 0 Å². The van der Waals surface area contributed by atoms with E-state index in [-0.39, 0.29) is 5.91 Å². The second-order valence-electron chi connectivity index (χ2n) is 5.92. The lowest BCUT2D eigenvalue weighted by atomic mass is 9.74. The number of benzene rings is 1. The van der Waals surface area contributed by atoms with Crippen LogP contribution in [0.15, 0.2) is 41.5 Å². The molecule has 1 aromatic rings. The van der Waals surface area contributed by atoms with Gasteiger partial charge in [0.2, 0.25) is 0 Å². The molecule has 3 rings (SSSR count). The molecule has 2 aliphatic rings. The van der Waals surface area contributed by atoms with Crippen LogP contribution in [-0.2, 0) is 0 Å². The fourth-order valence-electron chi connectivity index (χ4n) is 3.26. The number of fused-ring (bicyclic) bond motifs is 1. The van der Waals surface area contributed by atoms with E-state index in [2.05, 4.69) is 41.4 Å². The molecule has 2 atom stereocenters. The van der Waals surface area contributed by atoms with Gasteiger partial charge < -0.3 is 4.90 Å². The average Bonchev–Trinajstić information content (AvgIpc) is 2.90. The van der Waals surface area contributed by atoms with Gasteiger partial charge in [-0.15, -0.1) is 0 Å². The maximum absolute atomic E-state index is 12.2. The highest BCUT2D eigenvalue weighted by atomic mass is 16.2. The van der Waals surface area contributed by atoms with Crippen molar-refractivity contribution in [2.24, 2.45) is 16.9 Å². The van der Waals surface area contributed by atoms with Crippen LogP contribution in [0.3, 0.4) is 0 Å². The predicted molar refractivity (Wildman–Crippen MR) is 90.3 cm³/mol. The summed E-state index contributed by atoms with van der Waals surface area (Å²) in [4.78, 5) is 14.4. The second kappa shape index (κ2) is 6.34. The van der Waals surface area contributed by atoms with Gasteiger partial charge in [-0.3, -0.25) is 4.79 Å². The summed E-state index contributed by atoms with van der Waals surface area (Å²) in [6.45, 7) is 6.19. The number of carbonyl (C=O) groups is 1. The fourth-order valence-corrected chi connectivity index (χ4v) is 3.26. The van der Waals surface area contributed by atoms with E-state index in [1.807, 2.05) is 24.3 Å². The molecule has 22 heavy (non-hydrogen) atoms. The molecule has 116 valence electrons. The van der Waals surface area contributed by atoms with Crippen LogP contribution in [0.25, 0.3) is 0 Å². The normalized spacial score (nSPS) is 24.0. The van der Waals surface area contributed by atoms with Gasteiger partial charge in [-0.25, -0.2) is 5.43 Å². The Kier molecular flexibility index (Phi) is 4.27. The van der Waals surface area contributed by atoms with Crippen LogP contribution in [0.2, 0.25) is 0 Å². The van der Waals surface area contributed by atoms with E-state index in [0.29, 0.717) is 11.5 Å². The van der Waals surface area contributed by atoms with Gasteiger partial charge in [-0.05, 0) is 56.9 Å². The minimum absolute atomic E-state index is 0.135. The Morgan fingerprint density at radius 1 is 1.27 bits per heavy atom. The smallest absolute Gasteiger partial charge is 0.271 e. The third kappa shape index (κ3) is 2.78. The molecule has 0 saturated heterocycles. The number of allylic oxidation sites excluding steroid dienone is 2. The summed E-state index contributed by atoms with van der Waals surface area (Å²) in [6, 6.07) is 7.72. The molecular weight excluding hydrogens is 274 g/mol. The average molecular weight is 297 g/mol. The van der Waals surface area contributed by atoms with Crippen molar-refractivity contribution in [3.63, 3.8) is 0 Å². The lowest BCUT2D eigenvalue weighted by molar-refractivity contribution is 0.0954. The Labute approximate surface area is 131 Å². The highest BCUT2D eigenvalue weighted by molar-refractivity contribution is 5.98. The molecule has 4 nitrogen and oxygen atoms in total. The van der Waals surface area contributed by atoms with Gasteiger partial charge in [0, 0.05) is 36.0 Å². The summed E-state index contributed by atoms with van der Waals surface area (Å²) in [7, 11) is 0. The van der Waals surface area contributed by atoms with Crippen molar-refractivity contribution >= 4 is 17.3 Å². The first-order valence-corrected chi connectivity index (χ1v) is 8.11. The first-order chi connectivity index (χ1) is 10.7. The van der Waals surface area contributed by atoms with Crippen LogP contribution in [0.5, 0.6) is 0 Å². The Balaban J connectivity index is 1.61. The molecule has 2 aliphatic carbocycles. The number of carbonyl (C=O) groups excluding carboxylic acids is 1. The number of amides is 1. The van der Waals surface area contributed by atoms with Gasteiger partial charge in [0.25, 0.3) is 5.91 Å². The zero-order chi connectivity index (χ0) is 15.5. The largest absolute Gasteiger partial charge is 0.372 e. The molecule has 1 fully saturated rings. The fraction of sp³-hybridized carbons (Fsp3) is 0.444. The van der Waals surface area contributed by atoms with Gasteiger partial charge in [0.15, 0.2) is 0 Å². The lowest BCUT2D eigenvalue weighted by Crippen LogP contribution is -2.35. The van der Waals surface area contributed by atoms with Crippen LogP contribution in [0.4, 0.5) is 5.69 Å². The highest BCUT2D eigenvalue weighted by Crippen LogP contribution is 2.40. The minimum Gasteiger partial charge on any atom is -0.372 e. The number of nitrogens with zero attached hydrogens (tertiary/aromatic N) is 2. The van der Waals surface area contributed by atoms with Crippen molar-refractivity contribution in [2.45, 2.75) is 26.7 Å². The summed E-state index contributed by atoms with van der Waals surface area (Å²) >= 11 is 0. The van der Waals surface area contributed by atoms with E-state index in [0.717, 1.165) is 43.2 Å². The molecular formula is C18H23N3O. The molecule has 0 spiro atoms. The summed E-state index contributed by atoms with van der Waals surface area (Å²) in [6.07, 6.45) is 6.59.